The summed E-state index contributed by atoms with van der Waals surface area (Å²) in [5, 5.41) is 6.67. The fraction of sp³-hybridized carbons (Fsp3) is 0.933. The molecule has 0 aromatic rings. The molecule has 2 atom stereocenters. The van der Waals surface area contributed by atoms with Crippen LogP contribution in [0.1, 0.15) is 26.7 Å². The second kappa shape index (κ2) is 13.3. The molecule has 1 aliphatic heterocycles. The third-order valence-corrected chi connectivity index (χ3v) is 3.69. The van der Waals surface area contributed by atoms with Crippen LogP contribution in [0.2, 0.25) is 0 Å². The van der Waals surface area contributed by atoms with Gasteiger partial charge in [0.2, 0.25) is 0 Å². The minimum absolute atomic E-state index is 0. The molecule has 1 fully saturated rings. The molecule has 6 nitrogen and oxygen atoms in total. The summed E-state index contributed by atoms with van der Waals surface area (Å²) >= 11 is 0. The normalized spacial score (nSPS) is 20.5. The molecule has 1 aliphatic rings. The molecule has 0 amide bonds. The highest BCUT2D eigenvalue weighted by Gasteiger charge is 2.23. The van der Waals surface area contributed by atoms with Crippen LogP contribution in [0.5, 0.6) is 0 Å². The number of nitrogens with zero attached hydrogens (tertiary/aromatic N) is 2. The first-order valence-corrected chi connectivity index (χ1v) is 7.98. The van der Waals surface area contributed by atoms with E-state index in [9.17, 15) is 0 Å². The highest BCUT2D eigenvalue weighted by Crippen LogP contribution is 2.16. The van der Waals surface area contributed by atoms with Gasteiger partial charge in [0, 0.05) is 39.4 Å². The topological polar surface area (TPSA) is 58.1 Å². The molecular formula is C15H33IN4O2. The lowest BCUT2D eigenvalue weighted by molar-refractivity contribution is 0.142. The third kappa shape index (κ3) is 8.50. The molecule has 0 bridgehead atoms. The van der Waals surface area contributed by atoms with E-state index in [1.54, 1.807) is 14.2 Å². The van der Waals surface area contributed by atoms with Gasteiger partial charge in [0.05, 0.1) is 19.8 Å². The molecule has 2 N–H and O–H groups in total. The Kier molecular flexibility index (Phi) is 13.3. The number of hydrogen-bond donors (Lipinski definition) is 2. The highest BCUT2D eigenvalue weighted by atomic mass is 127. The maximum absolute atomic E-state index is 5.18. The van der Waals surface area contributed by atoms with Gasteiger partial charge in [0.1, 0.15) is 0 Å². The van der Waals surface area contributed by atoms with Crippen molar-refractivity contribution in [1.29, 1.82) is 0 Å². The largest absolute Gasteiger partial charge is 0.383 e. The van der Waals surface area contributed by atoms with Crippen molar-refractivity contribution < 1.29 is 9.47 Å². The van der Waals surface area contributed by atoms with Crippen LogP contribution in [-0.4, -0.2) is 76.6 Å². The summed E-state index contributed by atoms with van der Waals surface area (Å²) in [6, 6.07) is 0.786. The second-order valence-corrected chi connectivity index (χ2v) is 5.55. The summed E-state index contributed by atoms with van der Waals surface area (Å²) in [7, 11) is 3.47. The number of guanidine groups is 1. The molecule has 1 heterocycles. The van der Waals surface area contributed by atoms with E-state index in [0.29, 0.717) is 12.6 Å². The lowest BCUT2D eigenvalue weighted by Gasteiger charge is -2.23. The molecule has 2 unspecified atom stereocenters. The Bertz CT molecular complexity index is 305. The molecule has 7 heteroatoms. The Hall–Kier alpha value is -0.120. The number of methoxy groups -OCH3 is 2. The smallest absolute Gasteiger partial charge is 0.191 e. The van der Waals surface area contributed by atoms with E-state index in [0.717, 1.165) is 38.7 Å². The number of likely N-dealkylation sites (tertiary alicyclic amines) is 1. The molecular weight excluding hydrogens is 395 g/mol. The van der Waals surface area contributed by atoms with E-state index in [1.807, 2.05) is 0 Å². The molecule has 132 valence electrons. The Balaban J connectivity index is 0.00000441. The molecule has 0 saturated carbocycles. The zero-order chi connectivity index (χ0) is 15.5. The average Bonchev–Trinajstić information content (AvgIpc) is 2.90. The van der Waals surface area contributed by atoms with Crippen LogP contribution in [0.15, 0.2) is 4.99 Å². The first-order valence-electron chi connectivity index (χ1n) is 7.98. The summed E-state index contributed by atoms with van der Waals surface area (Å²) in [6.07, 6.45) is 2.48. The molecule has 0 aromatic carbocycles. The van der Waals surface area contributed by atoms with Crippen molar-refractivity contribution in [3.63, 3.8) is 0 Å². The molecule has 1 rings (SSSR count). The van der Waals surface area contributed by atoms with Gasteiger partial charge in [-0.3, -0.25) is 9.89 Å². The first kappa shape index (κ1) is 21.9. The Morgan fingerprint density at radius 3 is 2.77 bits per heavy atom. The predicted molar refractivity (Wildman–Crippen MR) is 102 cm³/mol. The summed E-state index contributed by atoms with van der Waals surface area (Å²) in [5.41, 5.74) is 0. The van der Waals surface area contributed by atoms with Gasteiger partial charge in [-0.25, -0.2) is 0 Å². The van der Waals surface area contributed by atoms with Gasteiger partial charge in [-0.2, -0.15) is 0 Å². The second-order valence-electron chi connectivity index (χ2n) is 5.55. The van der Waals surface area contributed by atoms with Crippen LogP contribution < -0.4 is 10.6 Å². The number of aliphatic imine (C=N–C) groups is 1. The third-order valence-electron chi connectivity index (χ3n) is 3.69. The minimum atomic E-state index is 0. The van der Waals surface area contributed by atoms with Crippen LogP contribution in [0.4, 0.5) is 0 Å². The maximum atomic E-state index is 5.18. The summed E-state index contributed by atoms with van der Waals surface area (Å²) in [6.45, 7) is 9.50. The molecule has 22 heavy (non-hydrogen) atoms. The van der Waals surface area contributed by atoms with Crippen LogP contribution in [-0.2, 0) is 9.47 Å². The van der Waals surface area contributed by atoms with Crippen LogP contribution in [0.25, 0.3) is 0 Å². The minimum Gasteiger partial charge on any atom is -0.383 e. The van der Waals surface area contributed by atoms with E-state index >= 15 is 0 Å². The van der Waals surface area contributed by atoms with E-state index < -0.39 is 0 Å². The van der Waals surface area contributed by atoms with Gasteiger partial charge >= 0.3 is 0 Å². The Morgan fingerprint density at radius 1 is 1.36 bits per heavy atom. The highest BCUT2D eigenvalue weighted by molar-refractivity contribution is 14.0. The van der Waals surface area contributed by atoms with Gasteiger partial charge in [0.25, 0.3) is 0 Å². The van der Waals surface area contributed by atoms with Crippen molar-refractivity contribution >= 4 is 29.9 Å². The zero-order valence-corrected chi connectivity index (χ0v) is 16.8. The van der Waals surface area contributed by atoms with Crippen LogP contribution in [0.3, 0.4) is 0 Å². The number of hydrogen-bond acceptors (Lipinski definition) is 4. The van der Waals surface area contributed by atoms with Crippen molar-refractivity contribution in [2.24, 2.45) is 4.99 Å². The SMILES string of the molecule is CCNC(=NCC1CCCN1CCOC)NC(C)COC.I. The summed E-state index contributed by atoms with van der Waals surface area (Å²) in [4.78, 5) is 7.21. The first-order chi connectivity index (χ1) is 10.2. The number of halogens is 1. The molecule has 0 radical (unpaired) electrons. The van der Waals surface area contributed by atoms with E-state index in [2.05, 4.69) is 29.4 Å². The Morgan fingerprint density at radius 2 is 2.14 bits per heavy atom. The van der Waals surface area contributed by atoms with Gasteiger partial charge in [-0.1, -0.05) is 0 Å². The van der Waals surface area contributed by atoms with Crippen molar-refractivity contribution in [3.05, 3.63) is 0 Å². The van der Waals surface area contributed by atoms with Crippen molar-refractivity contribution in [2.75, 3.05) is 53.6 Å². The van der Waals surface area contributed by atoms with Crippen LogP contribution in [0, 0.1) is 0 Å². The van der Waals surface area contributed by atoms with Crippen molar-refractivity contribution in [1.82, 2.24) is 15.5 Å². The summed E-state index contributed by atoms with van der Waals surface area (Å²) in [5.74, 6) is 0.876. The Labute approximate surface area is 152 Å². The fourth-order valence-electron chi connectivity index (χ4n) is 2.65. The van der Waals surface area contributed by atoms with Gasteiger partial charge in [-0.15, -0.1) is 24.0 Å². The average molecular weight is 428 g/mol. The van der Waals surface area contributed by atoms with E-state index in [-0.39, 0.29) is 30.0 Å². The number of ether oxygens (including phenoxy) is 2. The number of rotatable bonds is 9. The van der Waals surface area contributed by atoms with E-state index in [4.69, 9.17) is 14.5 Å². The zero-order valence-electron chi connectivity index (χ0n) is 14.4. The predicted octanol–water partition coefficient (Wildman–Crippen LogP) is 1.31. The van der Waals surface area contributed by atoms with Gasteiger partial charge < -0.3 is 20.1 Å². The lowest BCUT2D eigenvalue weighted by atomic mass is 10.2. The van der Waals surface area contributed by atoms with E-state index in [1.165, 1.54) is 12.8 Å². The quantitative estimate of drug-likeness (QED) is 0.330. The van der Waals surface area contributed by atoms with Crippen molar-refractivity contribution in [2.45, 2.75) is 38.8 Å². The lowest BCUT2D eigenvalue weighted by Crippen LogP contribution is -2.44. The molecule has 0 spiro atoms. The molecule has 1 saturated heterocycles. The molecule has 0 aromatic heterocycles. The molecule has 0 aliphatic carbocycles. The van der Waals surface area contributed by atoms with Gasteiger partial charge in [-0.05, 0) is 33.2 Å². The summed E-state index contributed by atoms with van der Waals surface area (Å²) < 4.78 is 10.3. The van der Waals surface area contributed by atoms with Gasteiger partial charge in [0.15, 0.2) is 5.96 Å². The van der Waals surface area contributed by atoms with Crippen LogP contribution >= 0.6 is 24.0 Å². The number of nitrogens with one attached hydrogen (secondary N) is 2. The van der Waals surface area contributed by atoms with Crippen molar-refractivity contribution in [3.8, 4) is 0 Å². The monoisotopic (exact) mass is 428 g/mol. The standard InChI is InChI=1S/C15H32N4O2.HI/c1-5-16-15(18-13(2)12-21-4)17-11-14-7-6-8-19(14)9-10-20-3;/h13-14H,5-12H2,1-4H3,(H2,16,17,18);1H. The fourth-order valence-corrected chi connectivity index (χ4v) is 2.65. The maximum Gasteiger partial charge on any atom is 0.191 e.